The molecule has 8 heteroatoms. The summed E-state index contributed by atoms with van der Waals surface area (Å²) in [6.07, 6.45) is 0. The molecule has 0 atom stereocenters. The maximum Gasteiger partial charge on any atom is 0.343 e. The number of methoxy groups -OCH3 is 1. The van der Waals surface area contributed by atoms with E-state index in [0.29, 0.717) is 11.1 Å². The zero-order valence-electron chi connectivity index (χ0n) is 14.6. The van der Waals surface area contributed by atoms with Gasteiger partial charge in [0.05, 0.1) is 19.2 Å². The van der Waals surface area contributed by atoms with E-state index in [9.17, 15) is 23.5 Å². The molecule has 0 fully saturated rings. The Balaban J connectivity index is 2.09. The summed E-state index contributed by atoms with van der Waals surface area (Å²) in [5.41, 5.74) is 0.170. The molecular weight excluding hydrogens is 370 g/mol. The van der Waals surface area contributed by atoms with E-state index >= 15 is 0 Å². The van der Waals surface area contributed by atoms with Crippen molar-refractivity contribution < 1.29 is 23.4 Å². The minimum absolute atomic E-state index is 0.0129. The number of fused-ring (bicyclic) bond motifs is 3. The number of benzene rings is 2. The minimum Gasteiger partial charge on any atom is -0.505 e. The van der Waals surface area contributed by atoms with Crippen molar-refractivity contribution in [1.82, 2.24) is 9.20 Å². The third kappa shape index (κ3) is 2.70. The number of esters is 1. The molecule has 0 spiro atoms. The van der Waals surface area contributed by atoms with Crippen molar-refractivity contribution in [3.63, 3.8) is 0 Å². The normalized spacial score (nSPS) is 11.2. The average Bonchev–Trinajstić information content (AvgIpc) is 2.96. The first kappa shape index (κ1) is 17.7. The molecule has 4 aromatic rings. The van der Waals surface area contributed by atoms with Gasteiger partial charge in [-0.15, -0.1) is 0 Å². The lowest BCUT2D eigenvalue weighted by atomic mass is 10.2. The summed E-state index contributed by atoms with van der Waals surface area (Å²) in [5, 5.41) is 10.8. The molecule has 2 aromatic carbocycles. The van der Waals surface area contributed by atoms with E-state index in [1.165, 1.54) is 51.7 Å². The summed E-state index contributed by atoms with van der Waals surface area (Å²) < 4.78 is 34.2. The van der Waals surface area contributed by atoms with Crippen LogP contribution in [0.2, 0.25) is 0 Å². The van der Waals surface area contributed by atoms with Gasteiger partial charge >= 0.3 is 5.97 Å². The lowest BCUT2D eigenvalue weighted by molar-refractivity contribution is 0.0597. The molecule has 0 radical (unpaired) electrons. The van der Waals surface area contributed by atoms with E-state index in [2.05, 4.69) is 4.74 Å². The molecule has 2 heterocycles. The van der Waals surface area contributed by atoms with Crippen LogP contribution in [0.1, 0.15) is 15.9 Å². The van der Waals surface area contributed by atoms with Gasteiger partial charge in [0.1, 0.15) is 22.7 Å². The van der Waals surface area contributed by atoms with Crippen LogP contribution in [0, 0.1) is 11.6 Å². The second-order valence-corrected chi connectivity index (χ2v) is 6.25. The van der Waals surface area contributed by atoms with Crippen molar-refractivity contribution in [2.45, 2.75) is 6.54 Å². The van der Waals surface area contributed by atoms with Gasteiger partial charge in [-0.2, -0.15) is 0 Å². The molecule has 0 unspecified atom stereocenters. The van der Waals surface area contributed by atoms with Crippen molar-refractivity contribution in [2.75, 3.05) is 7.11 Å². The van der Waals surface area contributed by atoms with Crippen LogP contribution >= 0.6 is 0 Å². The Morgan fingerprint density at radius 1 is 1.04 bits per heavy atom. The number of hydrogen-bond donors (Lipinski definition) is 1. The van der Waals surface area contributed by atoms with Gasteiger partial charge in [-0.25, -0.2) is 22.8 Å². The molecule has 0 aliphatic carbocycles. The largest absolute Gasteiger partial charge is 0.505 e. The Hall–Kier alpha value is -3.68. The van der Waals surface area contributed by atoms with Gasteiger partial charge in [0.25, 0.3) is 5.56 Å². The third-order valence-electron chi connectivity index (χ3n) is 4.55. The van der Waals surface area contributed by atoms with Crippen LogP contribution in [0.4, 0.5) is 8.78 Å². The Labute approximate surface area is 156 Å². The molecule has 28 heavy (non-hydrogen) atoms. The van der Waals surface area contributed by atoms with Gasteiger partial charge in [0, 0.05) is 5.39 Å². The number of aromatic hydroxyl groups is 1. The van der Waals surface area contributed by atoms with Crippen molar-refractivity contribution in [3.8, 4) is 5.75 Å². The van der Waals surface area contributed by atoms with E-state index in [1.807, 2.05) is 0 Å². The molecule has 6 nitrogen and oxygen atoms in total. The van der Waals surface area contributed by atoms with E-state index in [1.54, 1.807) is 0 Å². The Bertz CT molecular complexity index is 1290. The number of nitrogens with zero attached hydrogens (tertiary/aromatic N) is 2. The predicted octanol–water partition coefficient (Wildman–Crippen LogP) is 3.07. The lowest BCUT2D eigenvalue weighted by Crippen LogP contribution is -2.31. The summed E-state index contributed by atoms with van der Waals surface area (Å²) in [7, 11) is 1.14. The molecule has 0 saturated carbocycles. The third-order valence-corrected chi connectivity index (χ3v) is 4.55. The fraction of sp³-hybridized carbons (Fsp3) is 0.100. The fourth-order valence-corrected chi connectivity index (χ4v) is 3.23. The monoisotopic (exact) mass is 384 g/mol. The second kappa shape index (κ2) is 6.49. The highest BCUT2D eigenvalue weighted by Gasteiger charge is 2.21. The first-order valence-corrected chi connectivity index (χ1v) is 8.30. The van der Waals surface area contributed by atoms with Gasteiger partial charge in [0.15, 0.2) is 5.75 Å². The molecular formula is C20H14F2N2O4. The number of halogens is 2. The highest BCUT2D eigenvalue weighted by atomic mass is 19.1. The highest BCUT2D eigenvalue weighted by Crippen LogP contribution is 2.33. The molecule has 2 aromatic heterocycles. The van der Waals surface area contributed by atoms with E-state index < -0.39 is 23.2 Å². The quantitative estimate of drug-likeness (QED) is 0.551. The standard InChI is InChI=1S/C20H14F2N2O4/c1-28-20(27)15-9-17-18(25)14-8-13(22)6-7-16(14)24(17)23(19(15)26)10-11-2-4-12(21)5-3-11/h2-9,25H,10H2,1H3. The van der Waals surface area contributed by atoms with Crippen molar-refractivity contribution in [1.29, 1.82) is 0 Å². The van der Waals surface area contributed by atoms with Crippen LogP contribution in [-0.2, 0) is 11.3 Å². The zero-order valence-corrected chi connectivity index (χ0v) is 14.6. The average molecular weight is 384 g/mol. The van der Waals surface area contributed by atoms with Gasteiger partial charge < -0.3 is 9.84 Å². The van der Waals surface area contributed by atoms with E-state index in [4.69, 9.17) is 0 Å². The number of carbonyl (C=O) groups is 1. The maximum atomic E-state index is 13.7. The number of carbonyl (C=O) groups excluding carboxylic acids is 1. The van der Waals surface area contributed by atoms with Gasteiger partial charge in [-0.3, -0.25) is 4.79 Å². The molecule has 0 aliphatic rings. The smallest absolute Gasteiger partial charge is 0.343 e. The summed E-state index contributed by atoms with van der Waals surface area (Å²) in [5.74, 6) is -2.12. The van der Waals surface area contributed by atoms with Crippen LogP contribution in [0.25, 0.3) is 16.4 Å². The molecule has 142 valence electrons. The minimum atomic E-state index is -0.865. The SMILES string of the molecule is COC(=O)c1cc2c(O)c3cc(F)ccc3n2n(Cc2ccc(F)cc2)c1=O. The van der Waals surface area contributed by atoms with Gasteiger partial charge in [-0.05, 0) is 42.0 Å². The number of rotatable bonds is 3. The van der Waals surface area contributed by atoms with Crippen LogP contribution in [0.5, 0.6) is 5.75 Å². The van der Waals surface area contributed by atoms with Crippen molar-refractivity contribution >= 4 is 22.4 Å². The Morgan fingerprint density at radius 3 is 2.39 bits per heavy atom. The van der Waals surface area contributed by atoms with Crippen molar-refractivity contribution in [2.24, 2.45) is 0 Å². The van der Waals surface area contributed by atoms with E-state index in [-0.39, 0.29) is 28.8 Å². The number of hydrogen-bond acceptors (Lipinski definition) is 4. The van der Waals surface area contributed by atoms with Gasteiger partial charge in [-0.1, -0.05) is 12.1 Å². The summed E-state index contributed by atoms with van der Waals surface area (Å²) in [6.45, 7) is -0.0129. The summed E-state index contributed by atoms with van der Waals surface area (Å²) >= 11 is 0. The topological polar surface area (TPSA) is 72.9 Å². The summed E-state index contributed by atoms with van der Waals surface area (Å²) in [4.78, 5) is 25.1. The molecule has 0 amide bonds. The molecule has 0 saturated heterocycles. The van der Waals surface area contributed by atoms with Crippen LogP contribution in [-0.4, -0.2) is 27.4 Å². The fourth-order valence-electron chi connectivity index (χ4n) is 3.23. The molecule has 0 aliphatic heterocycles. The zero-order chi connectivity index (χ0) is 20.0. The Morgan fingerprint density at radius 2 is 1.71 bits per heavy atom. The number of aromatic nitrogens is 2. The number of ether oxygens (including phenoxy) is 1. The van der Waals surface area contributed by atoms with Crippen LogP contribution in [0.15, 0.2) is 53.3 Å². The molecule has 0 bridgehead atoms. The van der Waals surface area contributed by atoms with Crippen LogP contribution < -0.4 is 5.56 Å². The Kier molecular flexibility index (Phi) is 4.11. The van der Waals surface area contributed by atoms with Crippen LogP contribution in [0.3, 0.4) is 0 Å². The highest BCUT2D eigenvalue weighted by molar-refractivity contribution is 5.98. The summed E-state index contributed by atoms with van der Waals surface area (Å²) in [6, 6.07) is 10.5. The van der Waals surface area contributed by atoms with Gasteiger partial charge in [0.2, 0.25) is 0 Å². The first-order valence-electron chi connectivity index (χ1n) is 8.30. The first-order chi connectivity index (χ1) is 13.4. The predicted molar refractivity (Wildman–Crippen MR) is 97.6 cm³/mol. The molecule has 1 N–H and O–H groups in total. The second-order valence-electron chi connectivity index (χ2n) is 6.25. The van der Waals surface area contributed by atoms with E-state index in [0.717, 1.165) is 13.2 Å². The van der Waals surface area contributed by atoms with Crippen molar-refractivity contribution in [3.05, 3.63) is 81.6 Å². The molecule has 4 rings (SSSR count). The maximum absolute atomic E-state index is 13.7. The lowest BCUT2D eigenvalue weighted by Gasteiger charge is -2.13.